The van der Waals surface area contributed by atoms with Crippen LogP contribution in [0.5, 0.6) is 0 Å². The van der Waals surface area contributed by atoms with Crippen molar-refractivity contribution < 1.29 is 13.2 Å². The fourth-order valence-corrected chi connectivity index (χ4v) is 4.93. The number of sulfonamides is 1. The van der Waals surface area contributed by atoms with Crippen molar-refractivity contribution >= 4 is 10.0 Å². The predicted molar refractivity (Wildman–Crippen MR) is 70.7 cm³/mol. The SMILES string of the molecule is CC1CC(CN)CN1S(=O)(=O)CC1CCCCO1. The molecule has 0 aliphatic carbocycles. The van der Waals surface area contributed by atoms with Gasteiger partial charge in [-0.25, -0.2) is 8.42 Å². The molecule has 2 fully saturated rings. The lowest BCUT2D eigenvalue weighted by atomic mass is 10.1. The largest absolute Gasteiger partial charge is 0.377 e. The first-order valence-electron chi connectivity index (χ1n) is 6.84. The Labute approximate surface area is 110 Å². The minimum Gasteiger partial charge on any atom is -0.377 e. The van der Waals surface area contributed by atoms with Crippen molar-refractivity contribution in [2.45, 2.75) is 44.8 Å². The van der Waals surface area contributed by atoms with E-state index in [0.29, 0.717) is 25.6 Å². The summed E-state index contributed by atoms with van der Waals surface area (Å²) in [5, 5.41) is 0. The van der Waals surface area contributed by atoms with Crippen molar-refractivity contribution in [2.75, 3.05) is 25.4 Å². The summed E-state index contributed by atoms with van der Waals surface area (Å²) in [7, 11) is -3.20. The summed E-state index contributed by atoms with van der Waals surface area (Å²) in [5.74, 6) is 0.441. The highest BCUT2D eigenvalue weighted by atomic mass is 32.2. The van der Waals surface area contributed by atoms with Crippen LogP contribution in [0, 0.1) is 5.92 Å². The lowest BCUT2D eigenvalue weighted by molar-refractivity contribution is 0.0298. The molecule has 2 rings (SSSR count). The van der Waals surface area contributed by atoms with Gasteiger partial charge in [-0.1, -0.05) is 0 Å². The van der Waals surface area contributed by atoms with Crippen LogP contribution >= 0.6 is 0 Å². The van der Waals surface area contributed by atoms with Gasteiger partial charge < -0.3 is 10.5 Å². The van der Waals surface area contributed by atoms with Crippen molar-refractivity contribution in [1.29, 1.82) is 0 Å². The molecule has 0 radical (unpaired) electrons. The van der Waals surface area contributed by atoms with Gasteiger partial charge in [0.05, 0.1) is 11.9 Å². The monoisotopic (exact) mass is 276 g/mol. The van der Waals surface area contributed by atoms with E-state index < -0.39 is 10.0 Å². The molecule has 0 saturated carbocycles. The Kier molecular flexibility index (Phi) is 4.64. The lowest BCUT2D eigenvalue weighted by Crippen LogP contribution is -2.40. The van der Waals surface area contributed by atoms with Crippen LogP contribution in [-0.4, -0.2) is 50.3 Å². The van der Waals surface area contributed by atoms with Crippen LogP contribution in [0.4, 0.5) is 0 Å². The Morgan fingerprint density at radius 3 is 2.72 bits per heavy atom. The highest BCUT2D eigenvalue weighted by Gasteiger charge is 2.37. The zero-order valence-corrected chi connectivity index (χ0v) is 11.9. The summed E-state index contributed by atoms with van der Waals surface area (Å²) in [6.07, 6.45) is 3.74. The van der Waals surface area contributed by atoms with Crippen LogP contribution in [0.2, 0.25) is 0 Å². The van der Waals surface area contributed by atoms with Gasteiger partial charge in [0.2, 0.25) is 10.0 Å². The second-order valence-electron chi connectivity index (χ2n) is 5.52. The van der Waals surface area contributed by atoms with E-state index in [-0.39, 0.29) is 17.9 Å². The standard InChI is InChI=1S/C12H24N2O3S/c1-10-6-11(7-13)8-14(10)18(15,16)9-12-4-2-3-5-17-12/h10-12H,2-9,13H2,1H3. The average molecular weight is 276 g/mol. The molecule has 2 saturated heterocycles. The van der Waals surface area contributed by atoms with Crippen LogP contribution in [0.25, 0.3) is 0 Å². The molecule has 0 aromatic heterocycles. The smallest absolute Gasteiger partial charge is 0.216 e. The number of rotatable bonds is 4. The summed E-state index contributed by atoms with van der Waals surface area (Å²) in [5.41, 5.74) is 5.64. The Morgan fingerprint density at radius 1 is 1.39 bits per heavy atom. The molecule has 18 heavy (non-hydrogen) atoms. The molecule has 3 unspecified atom stereocenters. The van der Waals surface area contributed by atoms with E-state index in [1.165, 1.54) is 0 Å². The third-order valence-electron chi connectivity index (χ3n) is 3.97. The molecule has 106 valence electrons. The van der Waals surface area contributed by atoms with Crippen LogP contribution in [0.15, 0.2) is 0 Å². The minimum atomic E-state index is -3.20. The van der Waals surface area contributed by atoms with Gasteiger partial charge in [0.15, 0.2) is 0 Å². The normalized spacial score (nSPS) is 34.9. The molecular formula is C12H24N2O3S. The number of nitrogens with zero attached hydrogens (tertiary/aromatic N) is 1. The average Bonchev–Trinajstić information content (AvgIpc) is 2.72. The predicted octanol–water partition coefficient (Wildman–Crippen LogP) is 0.554. The van der Waals surface area contributed by atoms with Gasteiger partial charge in [-0.05, 0) is 45.1 Å². The van der Waals surface area contributed by atoms with E-state index >= 15 is 0 Å². The molecule has 0 aromatic rings. The van der Waals surface area contributed by atoms with Crippen LogP contribution in [0.3, 0.4) is 0 Å². The minimum absolute atomic E-state index is 0.0761. The number of ether oxygens (including phenoxy) is 1. The van der Waals surface area contributed by atoms with Gasteiger partial charge in [-0.2, -0.15) is 4.31 Å². The Bertz CT molecular complexity index is 366. The van der Waals surface area contributed by atoms with Crippen molar-refractivity contribution in [3.8, 4) is 0 Å². The Morgan fingerprint density at radius 2 is 2.17 bits per heavy atom. The van der Waals surface area contributed by atoms with Gasteiger partial charge in [0.25, 0.3) is 0 Å². The van der Waals surface area contributed by atoms with E-state index in [1.807, 2.05) is 6.92 Å². The molecule has 5 nitrogen and oxygen atoms in total. The fraction of sp³-hybridized carbons (Fsp3) is 1.00. The molecule has 2 heterocycles. The molecule has 3 atom stereocenters. The van der Waals surface area contributed by atoms with Crippen LogP contribution in [0.1, 0.15) is 32.6 Å². The van der Waals surface area contributed by atoms with Gasteiger partial charge in [0.1, 0.15) is 0 Å². The van der Waals surface area contributed by atoms with Crippen LogP contribution < -0.4 is 5.73 Å². The van der Waals surface area contributed by atoms with Crippen molar-refractivity contribution in [3.63, 3.8) is 0 Å². The van der Waals surface area contributed by atoms with Gasteiger partial charge in [-0.15, -0.1) is 0 Å². The first-order valence-corrected chi connectivity index (χ1v) is 8.45. The van der Waals surface area contributed by atoms with Crippen molar-refractivity contribution in [2.24, 2.45) is 11.7 Å². The molecule has 2 N–H and O–H groups in total. The first kappa shape index (κ1) is 14.2. The molecule has 0 spiro atoms. The highest BCUT2D eigenvalue weighted by Crippen LogP contribution is 2.26. The summed E-state index contributed by atoms with van der Waals surface area (Å²) in [6.45, 7) is 3.80. The highest BCUT2D eigenvalue weighted by molar-refractivity contribution is 7.89. The molecule has 2 aliphatic rings. The third-order valence-corrected chi connectivity index (χ3v) is 5.98. The van der Waals surface area contributed by atoms with Gasteiger partial charge >= 0.3 is 0 Å². The number of hydrogen-bond acceptors (Lipinski definition) is 4. The molecule has 0 bridgehead atoms. The van der Waals surface area contributed by atoms with Crippen molar-refractivity contribution in [3.05, 3.63) is 0 Å². The summed E-state index contributed by atoms with van der Waals surface area (Å²) >= 11 is 0. The molecule has 0 amide bonds. The topological polar surface area (TPSA) is 72.6 Å². The zero-order valence-electron chi connectivity index (χ0n) is 11.0. The number of hydrogen-bond donors (Lipinski definition) is 1. The Balaban J connectivity index is 1.97. The maximum atomic E-state index is 12.4. The second-order valence-corrected chi connectivity index (χ2v) is 7.49. The quantitative estimate of drug-likeness (QED) is 0.814. The molecular weight excluding hydrogens is 252 g/mol. The third kappa shape index (κ3) is 3.23. The van der Waals surface area contributed by atoms with Crippen molar-refractivity contribution in [1.82, 2.24) is 4.31 Å². The fourth-order valence-electron chi connectivity index (χ4n) is 2.94. The second kappa shape index (κ2) is 5.86. The summed E-state index contributed by atoms with van der Waals surface area (Å²) < 4.78 is 31.9. The van der Waals surface area contributed by atoms with E-state index in [1.54, 1.807) is 4.31 Å². The lowest BCUT2D eigenvalue weighted by Gasteiger charge is -2.27. The first-order chi connectivity index (χ1) is 8.53. The molecule has 2 aliphatic heterocycles. The summed E-state index contributed by atoms with van der Waals surface area (Å²) in [4.78, 5) is 0. The maximum Gasteiger partial charge on any atom is 0.216 e. The molecule has 0 aromatic carbocycles. The maximum absolute atomic E-state index is 12.4. The van der Waals surface area contributed by atoms with E-state index in [2.05, 4.69) is 0 Å². The van der Waals surface area contributed by atoms with Gasteiger partial charge in [0, 0.05) is 19.2 Å². The van der Waals surface area contributed by atoms with E-state index in [0.717, 1.165) is 25.7 Å². The van der Waals surface area contributed by atoms with Crippen LogP contribution in [-0.2, 0) is 14.8 Å². The van der Waals surface area contributed by atoms with E-state index in [9.17, 15) is 8.42 Å². The molecule has 6 heteroatoms. The zero-order chi connectivity index (χ0) is 13.2. The van der Waals surface area contributed by atoms with E-state index in [4.69, 9.17) is 10.5 Å². The number of nitrogens with two attached hydrogens (primary N) is 1. The van der Waals surface area contributed by atoms with Gasteiger partial charge in [-0.3, -0.25) is 0 Å². The Hall–Kier alpha value is -0.170. The summed E-state index contributed by atoms with van der Waals surface area (Å²) in [6, 6.07) is 0.0761.